The molecule has 1 aromatic carbocycles. The van der Waals surface area contributed by atoms with Crippen LogP contribution in [-0.4, -0.2) is 36.7 Å². The summed E-state index contributed by atoms with van der Waals surface area (Å²) in [6, 6.07) is 10.1. The van der Waals surface area contributed by atoms with Crippen molar-refractivity contribution in [3.05, 3.63) is 35.9 Å². The zero-order valence-electron chi connectivity index (χ0n) is 15.7. The molecule has 5 heteroatoms. The first kappa shape index (κ1) is 19.9. The van der Waals surface area contributed by atoms with Crippen LogP contribution in [0.2, 0.25) is 0 Å². The summed E-state index contributed by atoms with van der Waals surface area (Å²) in [5.41, 5.74) is 0.685. The summed E-state index contributed by atoms with van der Waals surface area (Å²) in [7, 11) is 0. The van der Waals surface area contributed by atoms with E-state index in [0.717, 1.165) is 12.0 Å². The molecule has 25 heavy (non-hydrogen) atoms. The van der Waals surface area contributed by atoms with Gasteiger partial charge in [-0.15, -0.1) is 0 Å². The molecule has 5 nitrogen and oxygen atoms in total. The molecule has 1 fully saturated rings. The lowest BCUT2D eigenvalue weighted by molar-refractivity contribution is -0.239. The number of carbonyl (C=O) groups is 1. The van der Waals surface area contributed by atoms with Gasteiger partial charge in [-0.05, 0) is 39.7 Å². The van der Waals surface area contributed by atoms with Gasteiger partial charge in [-0.3, -0.25) is 4.79 Å². The van der Waals surface area contributed by atoms with Crippen LogP contribution in [0.1, 0.15) is 52.5 Å². The van der Waals surface area contributed by atoms with Gasteiger partial charge >= 0.3 is 5.97 Å². The van der Waals surface area contributed by atoms with Gasteiger partial charge in [-0.1, -0.05) is 30.3 Å². The first-order valence-corrected chi connectivity index (χ1v) is 8.96. The second-order valence-electron chi connectivity index (χ2n) is 7.44. The third kappa shape index (κ3) is 7.99. The third-order valence-corrected chi connectivity index (χ3v) is 3.80. The van der Waals surface area contributed by atoms with E-state index in [-0.39, 0.29) is 30.9 Å². The average molecular weight is 350 g/mol. The smallest absolute Gasteiger partial charge is 0.308 e. The topological polar surface area (TPSA) is 54.0 Å². The van der Waals surface area contributed by atoms with Gasteiger partial charge in [0.15, 0.2) is 6.29 Å². The molecule has 140 valence electrons. The molecular formula is C20H30O5. The maximum absolute atomic E-state index is 12.0. The first-order chi connectivity index (χ1) is 11.8. The van der Waals surface area contributed by atoms with Crippen LogP contribution in [0.15, 0.2) is 30.3 Å². The van der Waals surface area contributed by atoms with Crippen molar-refractivity contribution < 1.29 is 23.7 Å². The lowest BCUT2D eigenvalue weighted by Crippen LogP contribution is -2.39. The van der Waals surface area contributed by atoms with Gasteiger partial charge in [0.2, 0.25) is 0 Å². The Balaban J connectivity index is 1.71. The number of hydrogen-bond donors (Lipinski definition) is 0. The Kier molecular flexibility index (Phi) is 7.41. The highest BCUT2D eigenvalue weighted by molar-refractivity contribution is 5.70. The monoisotopic (exact) mass is 350 g/mol. The maximum Gasteiger partial charge on any atom is 0.308 e. The maximum atomic E-state index is 12.0. The standard InChI is InChI=1S/C20H30O5/c1-15-23-17(10-11-22-14-16-8-6-5-7-9-16)12-18(24-15)13-19(21)25-20(2,3)4/h5-9,15,17-18H,10-14H2,1-4H3/t15?,17?,18-/m1/s1. The lowest BCUT2D eigenvalue weighted by Gasteiger charge is -2.34. The van der Waals surface area contributed by atoms with E-state index in [4.69, 9.17) is 18.9 Å². The number of rotatable bonds is 7. The summed E-state index contributed by atoms with van der Waals surface area (Å²) in [5.74, 6) is -0.231. The van der Waals surface area contributed by atoms with Gasteiger partial charge < -0.3 is 18.9 Å². The van der Waals surface area contributed by atoms with Crippen LogP contribution in [0, 0.1) is 0 Å². The number of benzene rings is 1. The Morgan fingerprint density at radius 3 is 2.52 bits per heavy atom. The minimum Gasteiger partial charge on any atom is -0.460 e. The van der Waals surface area contributed by atoms with Gasteiger partial charge in [0.05, 0.1) is 25.2 Å². The summed E-state index contributed by atoms with van der Waals surface area (Å²) in [6.45, 7) is 8.67. The zero-order valence-corrected chi connectivity index (χ0v) is 15.7. The van der Waals surface area contributed by atoms with E-state index in [2.05, 4.69) is 0 Å². The van der Waals surface area contributed by atoms with Gasteiger partial charge in [0.25, 0.3) is 0 Å². The molecule has 3 atom stereocenters. The van der Waals surface area contributed by atoms with Crippen molar-refractivity contribution in [3.8, 4) is 0 Å². The molecule has 2 unspecified atom stereocenters. The lowest BCUT2D eigenvalue weighted by atomic mass is 10.0. The van der Waals surface area contributed by atoms with E-state index in [0.29, 0.717) is 19.6 Å². The van der Waals surface area contributed by atoms with Crippen LogP contribution >= 0.6 is 0 Å². The molecule has 0 saturated carbocycles. The predicted molar refractivity (Wildman–Crippen MR) is 95.0 cm³/mol. The molecule has 0 N–H and O–H groups in total. The minimum atomic E-state index is -0.474. The molecule has 1 heterocycles. The van der Waals surface area contributed by atoms with Crippen LogP contribution in [0.5, 0.6) is 0 Å². The summed E-state index contributed by atoms with van der Waals surface area (Å²) in [4.78, 5) is 12.0. The molecule has 1 aromatic rings. The predicted octanol–water partition coefficient (Wildman–Crippen LogP) is 3.85. The Morgan fingerprint density at radius 1 is 1.16 bits per heavy atom. The van der Waals surface area contributed by atoms with Crippen molar-refractivity contribution in [2.24, 2.45) is 0 Å². The molecule has 1 aliphatic heterocycles. The Bertz CT molecular complexity index is 523. The molecule has 0 spiro atoms. The molecule has 1 aliphatic rings. The second kappa shape index (κ2) is 9.32. The highest BCUT2D eigenvalue weighted by Gasteiger charge is 2.30. The summed E-state index contributed by atoms with van der Waals surface area (Å²) >= 11 is 0. The van der Waals surface area contributed by atoms with Crippen molar-refractivity contribution in [1.29, 1.82) is 0 Å². The SMILES string of the molecule is CC1OC(CCOCc2ccccc2)C[C@H](CC(=O)OC(C)(C)C)O1. The van der Waals surface area contributed by atoms with E-state index in [1.54, 1.807) is 0 Å². The molecule has 0 aliphatic carbocycles. The first-order valence-electron chi connectivity index (χ1n) is 8.96. The molecular weight excluding hydrogens is 320 g/mol. The number of hydrogen-bond acceptors (Lipinski definition) is 5. The van der Waals surface area contributed by atoms with E-state index >= 15 is 0 Å². The van der Waals surface area contributed by atoms with Crippen molar-refractivity contribution >= 4 is 5.97 Å². The van der Waals surface area contributed by atoms with Crippen LogP contribution in [0.25, 0.3) is 0 Å². The van der Waals surface area contributed by atoms with Crippen molar-refractivity contribution in [3.63, 3.8) is 0 Å². The molecule has 2 rings (SSSR count). The summed E-state index contributed by atoms with van der Waals surface area (Å²) in [6.07, 6.45) is 1.26. The number of esters is 1. The van der Waals surface area contributed by atoms with E-state index < -0.39 is 5.60 Å². The highest BCUT2D eigenvalue weighted by Crippen LogP contribution is 2.24. The quantitative estimate of drug-likeness (QED) is 0.552. The zero-order chi connectivity index (χ0) is 18.3. The van der Waals surface area contributed by atoms with Gasteiger partial charge in [-0.25, -0.2) is 0 Å². The highest BCUT2D eigenvalue weighted by atomic mass is 16.7. The van der Waals surface area contributed by atoms with Crippen molar-refractivity contribution in [1.82, 2.24) is 0 Å². The van der Waals surface area contributed by atoms with Crippen molar-refractivity contribution in [2.45, 2.75) is 77.7 Å². The Hall–Kier alpha value is -1.43. The number of ether oxygens (including phenoxy) is 4. The minimum absolute atomic E-state index is 0.0342. The Morgan fingerprint density at radius 2 is 1.84 bits per heavy atom. The van der Waals surface area contributed by atoms with Gasteiger partial charge in [0, 0.05) is 13.0 Å². The fraction of sp³-hybridized carbons (Fsp3) is 0.650. The van der Waals surface area contributed by atoms with Crippen LogP contribution in [-0.2, 0) is 30.3 Å². The molecule has 0 amide bonds. The number of carbonyl (C=O) groups excluding carboxylic acids is 1. The summed E-state index contributed by atoms with van der Waals surface area (Å²) in [5, 5.41) is 0. The van der Waals surface area contributed by atoms with E-state index in [1.165, 1.54) is 0 Å². The molecule has 0 radical (unpaired) electrons. The fourth-order valence-electron chi connectivity index (χ4n) is 2.84. The van der Waals surface area contributed by atoms with Crippen molar-refractivity contribution in [2.75, 3.05) is 6.61 Å². The fourth-order valence-corrected chi connectivity index (χ4v) is 2.84. The molecule has 0 bridgehead atoms. The van der Waals surface area contributed by atoms with Crippen LogP contribution < -0.4 is 0 Å². The largest absolute Gasteiger partial charge is 0.460 e. The second-order valence-corrected chi connectivity index (χ2v) is 7.44. The third-order valence-electron chi connectivity index (χ3n) is 3.80. The normalized spacial score (nSPS) is 24.1. The Labute approximate surface area is 150 Å². The average Bonchev–Trinajstić information content (AvgIpc) is 2.50. The van der Waals surface area contributed by atoms with E-state index in [9.17, 15) is 4.79 Å². The van der Waals surface area contributed by atoms with Crippen LogP contribution in [0.3, 0.4) is 0 Å². The molecule has 0 aromatic heterocycles. The molecule has 1 saturated heterocycles. The van der Waals surface area contributed by atoms with Gasteiger partial charge in [0.1, 0.15) is 5.60 Å². The van der Waals surface area contributed by atoms with Gasteiger partial charge in [-0.2, -0.15) is 0 Å². The van der Waals surface area contributed by atoms with Crippen LogP contribution in [0.4, 0.5) is 0 Å². The van der Waals surface area contributed by atoms with E-state index in [1.807, 2.05) is 58.0 Å². The summed E-state index contributed by atoms with van der Waals surface area (Å²) < 4.78 is 22.6.